The molecule has 8 heteroatoms. The standard InChI is InChI=1S/C29H32N4O4/c1-3-13-32-24-19-33(28(35)25(24)26(30-29(32)36)22-11-9-20(2)10-12-22)23(18-21-7-5-4-6-8-21)27(34)31-14-16-37-17-15-31/h3-12,23,26H,1,13-19H2,2H3,(H,30,36)/t23-,26-/m1/s1. The predicted octanol–water partition coefficient (Wildman–Crippen LogP) is 2.81. The first-order valence-electron chi connectivity index (χ1n) is 12.7. The Labute approximate surface area is 217 Å². The van der Waals surface area contributed by atoms with E-state index in [0.717, 1.165) is 16.7 Å². The van der Waals surface area contributed by atoms with Crippen molar-refractivity contribution < 1.29 is 19.1 Å². The lowest BCUT2D eigenvalue weighted by atomic mass is 9.94. The third-order valence-corrected chi connectivity index (χ3v) is 7.23. The summed E-state index contributed by atoms with van der Waals surface area (Å²) in [5.41, 5.74) is 4.04. The highest BCUT2D eigenvalue weighted by Gasteiger charge is 2.47. The van der Waals surface area contributed by atoms with Crippen LogP contribution in [0.15, 0.2) is 78.5 Å². The Morgan fingerprint density at radius 1 is 1.11 bits per heavy atom. The lowest BCUT2D eigenvalue weighted by Crippen LogP contribution is -2.53. The molecule has 4 amide bonds. The largest absolute Gasteiger partial charge is 0.378 e. The summed E-state index contributed by atoms with van der Waals surface area (Å²) in [6.07, 6.45) is 2.03. The smallest absolute Gasteiger partial charge is 0.322 e. The fraction of sp³-hybridized carbons (Fsp3) is 0.345. The molecule has 2 aromatic rings. The molecule has 0 radical (unpaired) electrons. The zero-order valence-electron chi connectivity index (χ0n) is 21.1. The van der Waals surface area contributed by atoms with E-state index in [2.05, 4.69) is 11.9 Å². The van der Waals surface area contributed by atoms with E-state index in [9.17, 15) is 14.4 Å². The van der Waals surface area contributed by atoms with Crippen LogP contribution < -0.4 is 5.32 Å². The summed E-state index contributed by atoms with van der Waals surface area (Å²) in [6, 6.07) is 16.0. The van der Waals surface area contributed by atoms with Gasteiger partial charge in [-0.2, -0.15) is 0 Å². The van der Waals surface area contributed by atoms with Gasteiger partial charge in [-0.25, -0.2) is 4.79 Å². The van der Waals surface area contributed by atoms with E-state index < -0.39 is 12.1 Å². The molecule has 2 atom stereocenters. The Morgan fingerprint density at radius 2 is 1.81 bits per heavy atom. The number of morpholine rings is 1. The Morgan fingerprint density at radius 3 is 2.49 bits per heavy atom. The number of hydrogen-bond donors (Lipinski definition) is 1. The third kappa shape index (κ3) is 4.89. The first kappa shape index (κ1) is 24.8. The van der Waals surface area contributed by atoms with Crippen LogP contribution in [0.1, 0.15) is 22.7 Å². The van der Waals surface area contributed by atoms with Gasteiger partial charge >= 0.3 is 6.03 Å². The van der Waals surface area contributed by atoms with Gasteiger partial charge in [-0.3, -0.25) is 14.5 Å². The van der Waals surface area contributed by atoms with E-state index in [-0.39, 0.29) is 30.9 Å². The molecule has 1 N–H and O–H groups in total. The van der Waals surface area contributed by atoms with Gasteiger partial charge in [0.25, 0.3) is 5.91 Å². The zero-order valence-corrected chi connectivity index (χ0v) is 21.1. The van der Waals surface area contributed by atoms with E-state index in [0.29, 0.717) is 44.0 Å². The zero-order chi connectivity index (χ0) is 25.9. The van der Waals surface area contributed by atoms with Gasteiger partial charge in [0, 0.05) is 26.1 Å². The van der Waals surface area contributed by atoms with E-state index in [4.69, 9.17) is 4.74 Å². The van der Waals surface area contributed by atoms with E-state index in [1.165, 1.54) is 0 Å². The van der Waals surface area contributed by atoms with Crippen molar-refractivity contribution >= 4 is 17.8 Å². The lowest BCUT2D eigenvalue weighted by Gasteiger charge is -2.35. The minimum absolute atomic E-state index is 0.0956. The van der Waals surface area contributed by atoms with Crippen molar-refractivity contribution in [3.63, 3.8) is 0 Å². The Kier molecular flexibility index (Phi) is 7.10. The summed E-state index contributed by atoms with van der Waals surface area (Å²) in [4.78, 5) is 46.1. The van der Waals surface area contributed by atoms with Gasteiger partial charge in [-0.1, -0.05) is 66.2 Å². The van der Waals surface area contributed by atoms with Crippen LogP contribution in [-0.4, -0.2) is 78.0 Å². The van der Waals surface area contributed by atoms with E-state index in [1.807, 2.05) is 61.5 Å². The minimum Gasteiger partial charge on any atom is -0.378 e. The molecular weight excluding hydrogens is 468 g/mol. The summed E-state index contributed by atoms with van der Waals surface area (Å²) in [7, 11) is 0. The molecule has 3 aliphatic heterocycles. The van der Waals surface area contributed by atoms with Gasteiger partial charge in [0.1, 0.15) is 6.04 Å². The topological polar surface area (TPSA) is 82.2 Å². The number of nitrogens with zero attached hydrogens (tertiary/aromatic N) is 3. The van der Waals surface area contributed by atoms with Crippen molar-refractivity contribution in [1.82, 2.24) is 20.0 Å². The van der Waals surface area contributed by atoms with Crippen molar-refractivity contribution in [3.05, 3.63) is 95.2 Å². The van der Waals surface area contributed by atoms with Gasteiger partial charge in [0.15, 0.2) is 0 Å². The quantitative estimate of drug-likeness (QED) is 0.593. The molecule has 3 aliphatic rings. The third-order valence-electron chi connectivity index (χ3n) is 7.23. The number of benzene rings is 2. The van der Waals surface area contributed by atoms with Crippen molar-refractivity contribution in [2.75, 3.05) is 39.4 Å². The molecule has 192 valence electrons. The molecule has 8 nitrogen and oxygen atoms in total. The summed E-state index contributed by atoms with van der Waals surface area (Å²) in [5.74, 6) is -0.320. The van der Waals surface area contributed by atoms with Crippen LogP contribution in [0.25, 0.3) is 0 Å². The van der Waals surface area contributed by atoms with Crippen molar-refractivity contribution in [3.8, 4) is 0 Å². The number of carbonyl (C=O) groups is 3. The van der Waals surface area contributed by atoms with Crippen LogP contribution in [-0.2, 0) is 20.7 Å². The second-order valence-electron chi connectivity index (χ2n) is 9.63. The summed E-state index contributed by atoms with van der Waals surface area (Å²) in [6.45, 7) is 8.19. The second kappa shape index (κ2) is 10.6. The van der Waals surface area contributed by atoms with E-state index in [1.54, 1.807) is 20.8 Å². The van der Waals surface area contributed by atoms with Gasteiger partial charge in [-0.15, -0.1) is 6.58 Å². The number of carbonyl (C=O) groups excluding carboxylic acids is 3. The molecule has 1 saturated heterocycles. The Hall–Kier alpha value is -3.91. The van der Waals surface area contributed by atoms with Gasteiger partial charge in [0.2, 0.25) is 5.91 Å². The number of ether oxygens (including phenoxy) is 1. The summed E-state index contributed by atoms with van der Waals surface area (Å²) in [5, 5.41) is 3.01. The average Bonchev–Trinajstić information content (AvgIpc) is 3.26. The first-order chi connectivity index (χ1) is 18.0. The second-order valence-corrected chi connectivity index (χ2v) is 9.63. The number of rotatable bonds is 7. The molecular formula is C29H32N4O4. The molecule has 0 unspecified atom stereocenters. The van der Waals surface area contributed by atoms with Gasteiger partial charge in [-0.05, 0) is 18.1 Å². The van der Waals surface area contributed by atoms with Crippen molar-refractivity contribution in [2.24, 2.45) is 0 Å². The average molecular weight is 501 g/mol. The highest BCUT2D eigenvalue weighted by Crippen LogP contribution is 2.37. The van der Waals surface area contributed by atoms with Gasteiger partial charge in [0.05, 0.1) is 37.1 Å². The molecule has 3 heterocycles. The van der Waals surface area contributed by atoms with Crippen LogP contribution in [0.2, 0.25) is 0 Å². The normalized spacial score (nSPS) is 20.6. The molecule has 2 aromatic carbocycles. The molecule has 0 saturated carbocycles. The molecule has 0 bridgehead atoms. The lowest BCUT2D eigenvalue weighted by molar-refractivity contribution is -0.145. The van der Waals surface area contributed by atoms with E-state index >= 15 is 0 Å². The minimum atomic E-state index is -0.696. The van der Waals surface area contributed by atoms with Crippen LogP contribution in [0.5, 0.6) is 0 Å². The highest BCUT2D eigenvalue weighted by atomic mass is 16.5. The first-order valence-corrected chi connectivity index (χ1v) is 12.7. The van der Waals surface area contributed by atoms with Crippen LogP contribution in [0.4, 0.5) is 4.79 Å². The molecule has 5 rings (SSSR count). The summed E-state index contributed by atoms with van der Waals surface area (Å²) < 4.78 is 5.45. The maximum absolute atomic E-state index is 14.1. The number of hydrogen-bond acceptors (Lipinski definition) is 4. The summed E-state index contributed by atoms with van der Waals surface area (Å²) >= 11 is 0. The molecule has 0 aromatic heterocycles. The Balaban J connectivity index is 1.52. The number of amides is 4. The van der Waals surface area contributed by atoms with Crippen molar-refractivity contribution in [2.45, 2.75) is 25.4 Å². The van der Waals surface area contributed by atoms with Gasteiger partial charge < -0.3 is 19.9 Å². The SMILES string of the molecule is C=CCN1C(=O)N[C@H](c2ccc(C)cc2)C2=C1CN([C@H](Cc1ccccc1)C(=O)N1CCOCC1)C2=O. The van der Waals surface area contributed by atoms with Crippen LogP contribution in [0.3, 0.4) is 0 Å². The molecule has 37 heavy (non-hydrogen) atoms. The van der Waals surface area contributed by atoms with Crippen LogP contribution >= 0.6 is 0 Å². The van der Waals surface area contributed by atoms with Crippen molar-refractivity contribution in [1.29, 1.82) is 0 Å². The maximum Gasteiger partial charge on any atom is 0.322 e. The van der Waals surface area contributed by atoms with Crippen LogP contribution in [0, 0.1) is 6.92 Å². The molecule has 0 aliphatic carbocycles. The molecule has 0 spiro atoms. The maximum atomic E-state index is 14.1. The monoisotopic (exact) mass is 500 g/mol. The number of urea groups is 1. The Bertz CT molecular complexity index is 1220. The molecule has 1 fully saturated rings. The fourth-order valence-corrected chi connectivity index (χ4v) is 5.26. The number of aryl methyl sites for hydroxylation is 1. The predicted molar refractivity (Wildman–Crippen MR) is 139 cm³/mol. The number of nitrogens with one attached hydrogen (secondary N) is 1. The fourth-order valence-electron chi connectivity index (χ4n) is 5.26. The highest BCUT2D eigenvalue weighted by molar-refractivity contribution is 6.03.